The van der Waals surface area contributed by atoms with Gasteiger partial charge in [-0.15, -0.1) is 11.3 Å². The van der Waals surface area contributed by atoms with Gasteiger partial charge >= 0.3 is 0 Å². The molecule has 5 aromatic rings. The molecule has 0 radical (unpaired) electrons. The van der Waals surface area contributed by atoms with Gasteiger partial charge in [-0.05, 0) is 24.3 Å². The summed E-state index contributed by atoms with van der Waals surface area (Å²) in [5, 5.41) is 0. The van der Waals surface area contributed by atoms with Crippen molar-refractivity contribution in [1.82, 2.24) is 17.5 Å². The minimum atomic E-state index is 0.952. The van der Waals surface area contributed by atoms with Crippen molar-refractivity contribution in [1.29, 1.82) is 0 Å². The van der Waals surface area contributed by atoms with Crippen LogP contribution in [0.3, 0.4) is 0 Å². The van der Waals surface area contributed by atoms with Gasteiger partial charge in [0.25, 0.3) is 0 Å². The summed E-state index contributed by atoms with van der Waals surface area (Å²) in [6.45, 7) is 0. The van der Waals surface area contributed by atoms with Crippen LogP contribution in [0.2, 0.25) is 0 Å². The third-order valence-corrected chi connectivity index (χ3v) is 5.95. The van der Waals surface area contributed by atoms with Crippen LogP contribution in [-0.2, 0) is 0 Å². The highest BCUT2D eigenvalue weighted by molar-refractivity contribution is 7.19. The first-order valence-electron chi connectivity index (χ1n) is 6.93. The average molecular weight is 352 g/mol. The molecule has 3 heterocycles. The minimum Gasteiger partial charge on any atom is -0.173 e. The Hall–Kier alpha value is -2.22. The van der Waals surface area contributed by atoms with Crippen molar-refractivity contribution >= 4 is 56.9 Å². The Kier molecular flexibility index (Phi) is 2.97. The Labute approximate surface area is 143 Å². The first-order chi connectivity index (χ1) is 11.4. The van der Waals surface area contributed by atoms with Crippen LogP contribution in [0.15, 0.2) is 48.5 Å². The van der Waals surface area contributed by atoms with E-state index >= 15 is 0 Å². The van der Waals surface area contributed by atoms with Crippen molar-refractivity contribution in [3.8, 4) is 20.9 Å². The predicted octanol–water partition coefficient (Wildman–Crippen LogP) is 5.09. The number of thiophene rings is 1. The quantitative estimate of drug-likeness (QED) is 0.444. The molecule has 0 aliphatic rings. The Morgan fingerprint density at radius 2 is 1.09 bits per heavy atom. The van der Waals surface area contributed by atoms with Gasteiger partial charge in [0.05, 0.1) is 23.5 Å². The number of hydrogen-bond acceptors (Lipinski definition) is 7. The van der Waals surface area contributed by atoms with Crippen LogP contribution in [-0.4, -0.2) is 17.5 Å². The maximum absolute atomic E-state index is 4.44. The van der Waals surface area contributed by atoms with E-state index in [0.29, 0.717) is 0 Å². The zero-order chi connectivity index (χ0) is 15.2. The van der Waals surface area contributed by atoms with Crippen LogP contribution in [0.1, 0.15) is 0 Å². The fourth-order valence-electron chi connectivity index (χ4n) is 2.64. The number of hydrogen-bond donors (Lipinski definition) is 0. The summed E-state index contributed by atoms with van der Waals surface area (Å²) in [6, 6.07) is 16.6. The molecule has 7 heteroatoms. The van der Waals surface area contributed by atoms with Crippen LogP contribution in [0, 0.1) is 0 Å². The van der Waals surface area contributed by atoms with Crippen molar-refractivity contribution in [2.45, 2.75) is 0 Å². The number of rotatable bonds is 2. The minimum absolute atomic E-state index is 0.952. The van der Waals surface area contributed by atoms with Gasteiger partial charge in [0, 0.05) is 20.9 Å². The first-order valence-corrected chi connectivity index (χ1v) is 9.21. The number of aromatic nitrogens is 4. The van der Waals surface area contributed by atoms with Crippen molar-refractivity contribution in [3.63, 3.8) is 0 Å². The Bertz CT molecular complexity index is 1050. The fourth-order valence-corrected chi connectivity index (χ4v) is 4.80. The van der Waals surface area contributed by atoms with Gasteiger partial charge in [0.1, 0.15) is 22.1 Å². The third-order valence-electron chi connectivity index (χ3n) is 3.71. The summed E-state index contributed by atoms with van der Waals surface area (Å²) in [4.78, 5) is 2.39. The molecular formula is C16H8N4S3. The van der Waals surface area contributed by atoms with E-state index in [2.05, 4.69) is 41.8 Å². The molecule has 3 aromatic heterocycles. The number of nitrogens with zero attached hydrogens (tertiary/aromatic N) is 4. The Balaban J connectivity index is 1.69. The number of fused-ring (bicyclic) bond motifs is 2. The summed E-state index contributed by atoms with van der Waals surface area (Å²) in [6.07, 6.45) is 0. The summed E-state index contributed by atoms with van der Waals surface area (Å²) in [7, 11) is 0. The molecule has 110 valence electrons. The molecule has 4 nitrogen and oxygen atoms in total. The highest BCUT2D eigenvalue weighted by atomic mass is 32.1. The van der Waals surface area contributed by atoms with Gasteiger partial charge in [-0.3, -0.25) is 0 Å². The van der Waals surface area contributed by atoms with Crippen molar-refractivity contribution in [3.05, 3.63) is 48.5 Å². The van der Waals surface area contributed by atoms with Crippen LogP contribution >= 0.6 is 34.8 Å². The van der Waals surface area contributed by atoms with Crippen molar-refractivity contribution in [2.24, 2.45) is 0 Å². The molecule has 0 fully saturated rings. The second kappa shape index (κ2) is 5.16. The molecule has 23 heavy (non-hydrogen) atoms. The predicted molar refractivity (Wildman–Crippen MR) is 97.1 cm³/mol. The molecule has 0 spiro atoms. The molecule has 0 N–H and O–H groups in total. The second-order valence-corrected chi connectivity index (χ2v) is 7.18. The molecule has 0 bridgehead atoms. The largest absolute Gasteiger partial charge is 0.173 e. The molecule has 0 aliphatic heterocycles. The van der Waals surface area contributed by atoms with Crippen molar-refractivity contribution in [2.75, 3.05) is 0 Å². The standard InChI is InChI=1S/C16H8N4S3/c1-3-9(15-11(5-1)17-22-19-15)13-7-8-14(21-13)10-4-2-6-12-16(10)20-23-18-12/h1-8H. The molecule has 0 saturated carbocycles. The monoisotopic (exact) mass is 352 g/mol. The molecule has 0 amide bonds. The summed E-state index contributed by atoms with van der Waals surface area (Å²) < 4.78 is 17.5. The molecule has 2 aromatic carbocycles. The number of benzene rings is 2. The van der Waals surface area contributed by atoms with Crippen LogP contribution in [0.4, 0.5) is 0 Å². The molecule has 0 aliphatic carbocycles. The zero-order valence-corrected chi connectivity index (χ0v) is 14.1. The molecular weight excluding hydrogens is 344 g/mol. The smallest absolute Gasteiger partial charge is 0.113 e. The lowest BCUT2D eigenvalue weighted by atomic mass is 10.1. The van der Waals surface area contributed by atoms with Gasteiger partial charge in [0.15, 0.2) is 0 Å². The average Bonchev–Trinajstić information content (AvgIpc) is 3.32. The van der Waals surface area contributed by atoms with Gasteiger partial charge in [0.2, 0.25) is 0 Å². The van der Waals surface area contributed by atoms with E-state index in [0.717, 1.165) is 33.2 Å². The van der Waals surface area contributed by atoms with Gasteiger partial charge < -0.3 is 0 Å². The first kappa shape index (κ1) is 13.2. The van der Waals surface area contributed by atoms with Crippen LogP contribution in [0.5, 0.6) is 0 Å². The lowest BCUT2D eigenvalue weighted by Gasteiger charge is -1.99. The normalized spacial score (nSPS) is 11.5. The lowest BCUT2D eigenvalue weighted by Crippen LogP contribution is -1.76. The van der Waals surface area contributed by atoms with Gasteiger partial charge in [-0.1, -0.05) is 24.3 Å². The Morgan fingerprint density at radius 1 is 0.565 bits per heavy atom. The van der Waals surface area contributed by atoms with E-state index in [4.69, 9.17) is 0 Å². The highest BCUT2D eigenvalue weighted by Gasteiger charge is 2.13. The summed E-state index contributed by atoms with van der Waals surface area (Å²) in [5.74, 6) is 0. The van der Waals surface area contributed by atoms with E-state index < -0.39 is 0 Å². The maximum atomic E-state index is 4.44. The summed E-state index contributed by atoms with van der Waals surface area (Å²) in [5.41, 5.74) is 6.12. The van der Waals surface area contributed by atoms with E-state index in [-0.39, 0.29) is 0 Å². The molecule has 0 unspecified atom stereocenters. The van der Waals surface area contributed by atoms with E-state index in [1.54, 1.807) is 11.3 Å². The van der Waals surface area contributed by atoms with Crippen molar-refractivity contribution < 1.29 is 0 Å². The van der Waals surface area contributed by atoms with Gasteiger partial charge in [-0.2, -0.15) is 17.5 Å². The lowest BCUT2D eigenvalue weighted by molar-refractivity contribution is 1.63. The summed E-state index contributed by atoms with van der Waals surface area (Å²) >= 11 is 4.26. The molecule has 0 atom stereocenters. The maximum Gasteiger partial charge on any atom is 0.113 e. The highest BCUT2D eigenvalue weighted by Crippen LogP contribution is 2.39. The topological polar surface area (TPSA) is 51.6 Å². The van der Waals surface area contributed by atoms with Gasteiger partial charge in [-0.25, -0.2) is 0 Å². The third kappa shape index (κ3) is 2.08. The van der Waals surface area contributed by atoms with E-state index in [1.165, 1.54) is 33.2 Å². The van der Waals surface area contributed by atoms with Crippen LogP contribution in [0.25, 0.3) is 42.9 Å². The van der Waals surface area contributed by atoms with E-state index in [9.17, 15) is 0 Å². The zero-order valence-electron chi connectivity index (χ0n) is 11.6. The molecule has 5 rings (SSSR count). The van der Waals surface area contributed by atoms with E-state index in [1.807, 2.05) is 24.3 Å². The second-order valence-electron chi connectivity index (χ2n) is 5.04. The van der Waals surface area contributed by atoms with Crippen LogP contribution < -0.4 is 0 Å². The fraction of sp³-hybridized carbons (Fsp3) is 0. The Morgan fingerprint density at radius 3 is 1.61 bits per heavy atom. The molecule has 0 saturated heterocycles. The SMILES string of the molecule is c1cc(-c2ccc(-c3cccc4nsnc34)s2)c2nsnc2c1.